The molecule has 0 aliphatic heterocycles. The van der Waals surface area contributed by atoms with Gasteiger partial charge in [0, 0.05) is 13.7 Å². The minimum absolute atomic E-state index is 0.0871. The lowest BCUT2D eigenvalue weighted by Gasteiger charge is -2.11. The molecule has 0 unspecified atom stereocenters. The minimum atomic E-state index is -0.264. The van der Waals surface area contributed by atoms with Crippen molar-refractivity contribution in [1.82, 2.24) is 10.6 Å². The number of methoxy groups -OCH3 is 1. The predicted molar refractivity (Wildman–Crippen MR) is 81.0 cm³/mol. The third-order valence-electron chi connectivity index (χ3n) is 2.55. The normalized spacial score (nSPS) is 9.71. The fourth-order valence-corrected chi connectivity index (χ4v) is 1.59. The first-order valence-corrected chi connectivity index (χ1v) is 6.49. The second-order valence-corrected chi connectivity index (χ2v) is 4.15. The second-order valence-electron chi connectivity index (χ2n) is 4.15. The van der Waals surface area contributed by atoms with Crippen molar-refractivity contribution in [3.63, 3.8) is 0 Å². The molecule has 1 rings (SSSR count). The Kier molecular flexibility index (Phi) is 7.58. The van der Waals surface area contributed by atoms with E-state index in [-0.39, 0.29) is 18.4 Å². The molecule has 0 atom stereocenters. The summed E-state index contributed by atoms with van der Waals surface area (Å²) in [4.78, 5) is 23.8. The van der Waals surface area contributed by atoms with Gasteiger partial charge in [0.15, 0.2) is 0 Å². The summed E-state index contributed by atoms with van der Waals surface area (Å²) in [5, 5.41) is 8.17. The van der Waals surface area contributed by atoms with Gasteiger partial charge in [-0.2, -0.15) is 0 Å². The quantitative estimate of drug-likeness (QED) is 0.472. The minimum Gasteiger partial charge on any atom is -0.383 e. The van der Waals surface area contributed by atoms with Crippen LogP contribution in [0, 0.1) is 12.3 Å². The molecular weight excluding hydrogens is 270 g/mol. The van der Waals surface area contributed by atoms with E-state index in [0.717, 1.165) is 0 Å². The predicted octanol–water partition coefficient (Wildman–Crippen LogP) is 0.224. The standard InChI is InChI=1S/C15H19N3O3/c1-3-8-16-11-14(19)18-13-7-5-4-6-12(13)15(20)17-9-10-21-2/h1,4-7,16H,8-11H2,2H3,(H,17,20)(H,18,19). The first kappa shape index (κ1) is 16.7. The fourth-order valence-electron chi connectivity index (χ4n) is 1.59. The van der Waals surface area contributed by atoms with E-state index in [1.807, 2.05) is 0 Å². The molecule has 0 spiro atoms. The summed E-state index contributed by atoms with van der Waals surface area (Å²) in [6, 6.07) is 6.80. The second kappa shape index (κ2) is 9.53. The van der Waals surface area contributed by atoms with Gasteiger partial charge in [0.2, 0.25) is 5.91 Å². The molecule has 21 heavy (non-hydrogen) atoms. The number of benzene rings is 1. The molecule has 0 bridgehead atoms. The Bertz CT molecular complexity index is 523. The van der Waals surface area contributed by atoms with Gasteiger partial charge in [0.25, 0.3) is 5.91 Å². The van der Waals surface area contributed by atoms with Crippen LogP contribution in [-0.2, 0) is 9.53 Å². The van der Waals surface area contributed by atoms with Crippen LogP contribution < -0.4 is 16.0 Å². The molecule has 1 aromatic rings. The third-order valence-corrected chi connectivity index (χ3v) is 2.55. The maximum Gasteiger partial charge on any atom is 0.253 e. The third kappa shape index (κ3) is 6.08. The number of nitrogens with one attached hydrogen (secondary N) is 3. The molecule has 1 aromatic carbocycles. The van der Waals surface area contributed by atoms with Crippen LogP contribution in [0.2, 0.25) is 0 Å². The molecule has 6 nitrogen and oxygen atoms in total. The SMILES string of the molecule is C#CCNCC(=O)Nc1ccccc1C(=O)NCCOC. The van der Waals surface area contributed by atoms with Gasteiger partial charge in [0.05, 0.1) is 30.9 Å². The van der Waals surface area contributed by atoms with Gasteiger partial charge in [-0.05, 0) is 12.1 Å². The monoisotopic (exact) mass is 289 g/mol. The lowest BCUT2D eigenvalue weighted by Crippen LogP contribution is -2.31. The van der Waals surface area contributed by atoms with E-state index in [1.54, 1.807) is 31.4 Å². The molecule has 3 N–H and O–H groups in total. The first-order valence-electron chi connectivity index (χ1n) is 6.49. The van der Waals surface area contributed by atoms with Crippen LogP contribution in [0.3, 0.4) is 0 Å². The number of para-hydroxylation sites is 1. The average Bonchev–Trinajstić information content (AvgIpc) is 2.48. The molecule has 0 aromatic heterocycles. The molecule has 2 amide bonds. The summed E-state index contributed by atoms with van der Waals surface area (Å²) in [6.45, 7) is 1.23. The molecule has 0 fully saturated rings. The summed E-state index contributed by atoms with van der Waals surface area (Å²) < 4.78 is 4.87. The van der Waals surface area contributed by atoms with Crippen molar-refractivity contribution in [3.8, 4) is 12.3 Å². The van der Waals surface area contributed by atoms with Crippen LogP contribution >= 0.6 is 0 Å². The summed E-state index contributed by atoms with van der Waals surface area (Å²) in [6.07, 6.45) is 5.08. The van der Waals surface area contributed by atoms with Crippen molar-refractivity contribution < 1.29 is 14.3 Å². The molecule has 112 valence electrons. The number of carbonyl (C=O) groups is 2. The van der Waals surface area contributed by atoms with Crippen LogP contribution in [0.1, 0.15) is 10.4 Å². The summed E-state index contributed by atoms with van der Waals surface area (Å²) in [7, 11) is 1.56. The highest BCUT2D eigenvalue weighted by molar-refractivity contribution is 6.04. The number of carbonyl (C=O) groups excluding carboxylic acids is 2. The van der Waals surface area contributed by atoms with Crippen LogP contribution in [0.25, 0.3) is 0 Å². The smallest absolute Gasteiger partial charge is 0.253 e. The molecule has 0 saturated carbocycles. The summed E-state index contributed by atoms with van der Waals surface area (Å²) in [5.74, 6) is 1.85. The zero-order chi connectivity index (χ0) is 15.5. The van der Waals surface area contributed by atoms with Gasteiger partial charge in [-0.3, -0.25) is 14.9 Å². The maximum absolute atomic E-state index is 12.0. The molecule has 0 radical (unpaired) electrons. The van der Waals surface area contributed by atoms with Crippen molar-refractivity contribution in [1.29, 1.82) is 0 Å². The highest BCUT2D eigenvalue weighted by atomic mass is 16.5. The lowest BCUT2D eigenvalue weighted by molar-refractivity contribution is -0.115. The van der Waals surface area contributed by atoms with E-state index in [9.17, 15) is 9.59 Å². The number of rotatable bonds is 8. The van der Waals surface area contributed by atoms with Gasteiger partial charge in [-0.25, -0.2) is 0 Å². The van der Waals surface area contributed by atoms with Crippen LogP contribution in [0.5, 0.6) is 0 Å². The van der Waals surface area contributed by atoms with Crippen molar-refractivity contribution in [2.24, 2.45) is 0 Å². The zero-order valence-electron chi connectivity index (χ0n) is 11.9. The van der Waals surface area contributed by atoms with Crippen molar-refractivity contribution >= 4 is 17.5 Å². The van der Waals surface area contributed by atoms with Gasteiger partial charge in [0.1, 0.15) is 0 Å². The van der Waals surface area contributed by atoms with E-state index >= 15 is 0 Å². The zero-order valence-corrected chi connectivity index (χ0v) is 11.9. The van der Waals surface area contributed by atoms with Gasteiger partial charge in [-0.1, -0.05) is 18.1 Å². The fraction of sp³-hybridized carbons (Fsp3) is 0.333. The Balaban J connectivity index is 2.64. The van der Waals surface area contributed by atoms with Crippen molar-refractivity contribution in [3.05, 3.63) is 29.8 Å². The van der Waals surface area contributed by atoms with Gasteiger partial charge < -0.3 is 15.4 Å². The molecule has 0 saturated heterocycles. The highest BCUT2D eigenvalue weighted by Crippen LogP contribution is 2.14. The maximum atomic E-state index is 12.0. The van der Waals surface area contributed by atoms with Crippen LogP contribution in [0.4, 0.5) is 5.69 Å². The number of hydrogen-bond acceptors (Lipinski definition) is 4. The van der Waals surface area contributed by atoms with E-state index < -0.39 is 0 Å². The Labute approximate surface area is 124 Å². The molecule has 0 heterocycles. The van der Waals surface area contributed by atoms with Crippen LogP contribution in [0.15, 0.2) is 24.3 Å². The van der Waals surface area contributed by atoms with E-state index in [4.69, 9.17) is 11.2 Å². The first-order chi connectivity index (χ1) is 10.2. The Hall–Kier alpha value is -2.36. The summed E-state index contributed by atoms with van der Waals surface area (Å²) in [5.41, 5.74) is 0.860. The molecule has 0 aliphatic rings. The molecular formula is C15H19N3O3. The summed E-state index contributed by atoms with van der Waals surface area (Å²) >= 11 is 0. The highest BCUT2D eigenvalue weighted by Gasteiger charge is 2.12. The average molecular weight is 289 g/mol. The topological polar surface area (TPSA) is 79.5 Å². The molecule has 6 heteroatoms. The molecule has 0 aliphatic carbocycles. The van der Waals surface area contributed by atoms with E-state index in [1.165, 1.54) is 0 Å². The number of ether oxygens (including phenoxy) is 1. The van der Waals surface area contributed by atoms with E-state index in [2.05, 4.69) is 21.9 Å². The van der Waals surface area contributed by atoms with Crippen molar-refractivity contribution in [2.45, 2.75) is 0 Å². The Morgan fingerprint density at radius 2 is 2.10 bits per heavy atom. The van der Waals surface area contributed by atoms with E-state index in [0.29, 0.717) is 30.9 Å². The van der Waals surface area contributed by atoms with Crippen molar-refractivity contribution in [2.75, 3.05) is 38.7 Å². The van der Waals surface area contributed by atoms with Gasteiger partial charge in [-0.15, -0.1) is 6.42 Å². The Morgan fingerprint density at radius 1 is 1.33 bits per heavy atom. The Morgan fingerprint density at radius 3 is 2.81 bits per heavy atom. The van der Waals surface area contributed by atoms with Gasteiger partial charge >= 0.3 is 0 Å². The number of anilines is 1. The number of terminal acetylenes is 1. The van der Waals surface area contributed by atoms with Crippen LogP contribution in [-0.4, -0.2) is 45.2 Å². The lowest BCUT2D eigenvalue weighted by atomic mass is 10.1. The number of hydrogen-bond donors (Lipinski definition) is 3. The number of amides is 2. The largest absolute Gasteiger partial charge is 0.383 e.